The second-order valence-corrected chi connectivity index (χ2v) is 10.3. The number of allylic oxidation sites excluding steroid dienone is 1. The molecule has 5 rings (SSSR count). The van der Waals surface area contributed by atoms with Crippen LogP contribution in [-0.2, 0) is 16.0 Å². The zero-order valence-electron chi connectivity index (χ0n) is 21.0. The number of fused-ring (bicyclic) bond motifs is 4. The van der Waals surface area contributed by atoms with Crippen LogP contribution >= 0.6 is 0 Å². The molecule has 0 saturated carbocycles. The molecule has 3 atom stereocenters. The van der Waals surface area contributed by atoms with Crippen molar-refractivity contribution in [2.75, 3.05) is 26.9 Å². The maximum absolute atomic E-state index is 15.5. The molecule has 3 N–H and O–H groups in total. The van der Waals surface area contributed by atoms with Crippen molar-refractivity contribution < 1.29 is 19.0 Å². The summed E-state index contributed by atoms with van der Waals surface area (Å²) in [5.74, 6) is 0.759. The van der Waals surface area contributed by atoms with Gasteiger partial charge in [-0.1, -0.05) is 13.0 Å². The summed E-state index contributed by atoms with van der Waals surface area (Å²) < 4.78 is 27.6. The summed E-state index contributed by atoms with van der Waals surface area (Å²) >= 11 is 0. The van der Waals surface area contributed by atoms with Gasteiger partial charge in [0.2, 0.25) is 0 Å². The number of nitrogens with one attached hydrogen (secondary N) is 2. The third-order valence-electron chi connectivity index (χ3n) is 7.05. The van der Waals surface area contributed by atoms with Crippen LogP contribution in [-0.4, -0.2) is 70.4 Å². The number of hydrogen-bond donors (Lipinski definition) is 3. The zero-order chi connectivity index (χ0) is 24.9. The van der Waals surface area contributed by atoms with Crippen molar-refractivity contribution >= 4 is 22.6 Å². The molecule has 188 valence electrons. The highest BCUT2D eigenvalue weighted by molar-refractivity contribution is 6.04. The number of nitrogens with zero attached hydrogens (tertiary/aromatic N) is 3. The molecule has 2 saturated heterocycles. The Morgan fingerprint density at radius 3 is 2.83 bits per heavy atom. The molecule has 8 nitrogen and oxygen atoms in total. The number of morpholine rings is 2. The fraction of sp³-hybridized carbons (Fsp3) is 0.538. The topological polar surface area (TPSA) is 95.0 Å². The number of hydrogen-bond acceptors (Lipinski definition) is 7. The van der Waals surface area contributed by atoms with E-state index in [9.17, 15) is 5.11 Å². The molecule has 2 aromatic heterocycles. The monoisotopic (exact) mass is 483 g/mol. The Hall–Kier alpha value is -2.75. The van der Waals surface area contributed by atoms with Crippen molar-refractivity contribution in [3.05, 3.63) is 46.7 Å². The minimum Gasteiger partial charge on any atom is -0.487 e. The molecule has 5 heterocycles. The van der Waals surface area contributed by atoms with E-state index in [1.54, 1.807) is 13.8 Å². The van der Waals surface area contributed by atoms with E-state index in [0.717, 1.165) is 16.5 Å². The lowest BCUT2D eigenvalue weighted by Crippen LogP contribution is -2.59. The summed E-state index contributed by atoms with van der Waals surface area (Å²) in [5.41, 5.74) is 2.22. The fourth-order valence-corrected chi connectivity index (χ4v) is 5.62. The summed E-state index contributed by atoms with van der Waals surface area (Å²) in [7, 11) is 1.86. The van der Waals surface area contributed by atoms with Crippen LogP contribution in [0.15, 0.2) is 34.8 Å². The first-order valence-electron chi connectivity index (χ1n) is 12.2. The SMILES string of the molecule is CNCc1c[nH]c2ncc(F)c(C3=CCC(C)/C(C(C)(C)O)=C4/OC[C@@H]5COC[C@@H](C)N5C4=N3)c12. The number of aromatic amines is 1. The van der Waals surface area contributed by atoms with Gasteiger partial charge in [-0.15, -0.1) is 0 Å². The molecule has 0 aliphatic carbocycles. The molecule has 1 unspecified atom stereocenters. The third kappa shape index (κ3) is 4.15. The van der Waals surface area contributed by atoms with Gasteiger partial charge in [0.05, 0.1) is 42.8 Å². The molecule has 2 fully saturated rings. The Balaban J connectivity index is 1.77. The smallest absolute Gasteiger partial charge is 0.172 e. The summed E-state index contributed by atoms with van der Waals surface area (Å²) in [6, 6.07) is 0.0505. The minimum absolute atomic E-state index is 0.00490. The molecular formula is C26H34FN5O3. The van der Waals surface area contributed by atoms with E-state index in [2.05, 4.69) is 34.0 Å². The Morgan fingerprint density at radius 2 is 2.09 bits per heavy atom. The predicted molar refractivity (Wildman–Crippen MR) is 133 cm³/mol. The van der Waals surface area contributed by atoms with Crippen LogP contribution in [0.3, 0.4) is 0 Å². The Bertz CT molecular complexity index is 1230. The van der Waals surface area contributed by atoms with Crippen LogP contribution in [0.1, 0.15) is 45.2 Å². The van der Waals surface area contributed by atoms with Crippen molar-refractivity contribution in [2.45, 2.75) is 58.3 Å². The summed E-state index contributed by atoms with van der Waals surface area (Å²) in [6.45, 7) is 9.83. The van der Waals surface area contributed by atoms with Gasteiger partial charge < -0.3 is 29.8 Å². The summed E-state index contributed by atoms with van der Waals surface area (Å²) in [4.78, 5) is 14.8. The molecule has 2 aromatic rings. The van der Waals surface area contributed by atoms with E-state index in [1.807, 2.05) is 19.3 Å². The van der Waals surface area contributed by atoms with Crippen LogP contribution in [0.25, 0.3) is 16.7 Å². The number of H-pyrrole nitrogens is 1. The molecule has 0 aromatic carbocycles. The number of pyridine rings is 1. The Labute approximate surface area is 204 Å². The Morgan fingerprint density at radius 1 is 1.29 bits per heavy atom. The lowest BCUT2D eigenvalue weighted by molar-refractivity contribution is -0.0448. The number of aliphatic imine (C=N–C) groups is 1. The average molecular weight is 484 g/mol. The van der Waals surface area contributed by atoms with E-state index in [-0.39, 0.29) is 18.0 Å². The van der Waals surface area contributed by atoms with Gasteiger partial charge in [0.25, 0.3) is 0 Å². The third-order valence-corrected chi connectivity index (χ3v) is 7.05. The number of aromatic nitrogens is 2. The standard InChI is InChI=1S/C26H34FN5O3/c1-14-6-7-19(21-18(27)10-30-24-20(21)16(8-28-5)9-29-24)31-25-23(22(14)26(3,4)33)35-13-17-12-34-11-15(2)32(17)25/h7,9-10,14-15,17,28,33H,6,8,11-13H2,1-5H3,(H,29,30)/b19-7?,23-22-,31-25?/t14?,15-,17+/m1/s1. The van der Waals surface area contributed by atoms with Crippen LogP contribution in [0, 0.1) is 11.7 Å². The average Bonchev–Trinajstić information content (AvgIpc) is 3.19. The maximum Gasteiger partial charge on any atom is 0.172 e. The lowest BCUT2D eigenvalue weighted by atomic mass is 9.82. The highest BCUT2D eigenvalue weighted by Gasteiger charge is 2.42. The number of aliphatic hydroxyl groups is 1. The highest BCUT2D eigenvalue weighted by Crippen LogP contribution is 2.39. The van der Waals surface area contributed by atoms with Gasteiger partial charge in [0.1, 0.15) is 12.3 Å². The normalized spacial score (nSPS) is 27.4. The van der Waals surface area contributed by atoms with Crippen LogP contribution in [0.2, 0.25) is 0 Å². The molecule has 9 heteroatoms. The molecule has 35 heavy (non-hydrogen) atoms. The van der Waals surface area contributed by atoms with Crippen molar-refractivity contribution in [3.8, 4) is 0 Å². The van der Waals surface area contributed by atoms with Gasteiger partial charge >= 0.3 is 0 Å². The number of rotatable bonds is 4. The van der Waals surface area contributed by atoms with Gasteiger partial charge in [-0.3, -0.25) is 0 Å². The van der Waals surface area contributed by atoms with E-state index >= 15 is 4.39 Å². The Kier molecular flexibility index (Phi) is 6.19. The molecular weight excluding hydrogens is 449 g/mol. The number of halogens is 1. The van der Waals surface area contributed by atoms with Crippen molar-refractivity contribution in [1.82, 2.24) is 20.2 Å². The van der Waals surface area contributed by atoms with Crippen LogP contribution < -0.4 is 5.32 Å². The van der Waals surface area contributed by atoms with E-state index in [0.29, 0.717) is 61.3 Å². The lowest BCUT2D eigenvalue weighted by Gasteiger charge is -2.47. The second-order valence-electron chi connectivity index (χ2n) is 10.3. The summed E-state index contributed by atoms with van der Waals surface area (Å²) in [5, 5.41) is 15.0. The fourth-order valence-electron chi connectivity index (χ4n) is 5.62. The van der Waals surface area contributed by atoms with Crippen LogP contribution in [0.5, 0.6) is 0 Å². The molecule has 3 aliphatic rings. The van der Waals surface area contributed by atoms with Crippen molar-refractivity contribution in [2.24, 2.45) is 10.9 Å². The second kappa shape index (κ2) is 9.04. The highest BCUT2D eigenvalue weighted by atomic mass is 19.1. The van der Waals surface area contributed by atoms with E-state index < -0.39 is 11.4 Å². The van der Waals surface area contributed by atoms with Crippen LogP contribution in [0.4, 0.5) is 4.39 Å². The first-order valence-corrected chi connectivity index (χ1v) is 12.2. The largest absolute Gasteiger partial charge is 0.487 e. The molecule has 0 amide bonds. The molecule has 0 spiro atoms. The molecule has 3 aliphatic heterocycles. The van der Waals surface area contributed by atoms with Crippen molar-refractivity contribution in [1.29, 1.82) is 0 Å². The molecule has 0 bridgehead atoms. The van der Waals surface area contributed by atoms with E-state index in [4.69, 9.17) is 14.5 Å². The number of ether oxygens (including phenoxy) is 2. The van der Waals surface area contributed by atoms with Gasteiger partial charge in [0.15, 0.2) is 17.4 Å². The van der Waals surface area contributed by atoms with Gasteiger partial charge in [0, 0.05) is 29.3 Å². The van der Waals surface area contributed by atoms with Gasteiger partial charge in [-0.05, 0) is 45.7 Å². The zero-order valence-corrected chi connectivity index (χ0v) is 21.0. The maximum atomic E-state index is 15.5. The minimum atomic E-state index is -1.10. The first-order chi connectivity index (χ1) is 16.7. The summed E-state index contributed by atoms with van der Waals surface area (Å²) in [6.07, 6.45) is 5.66. The first kappa shape index (κ1) is 24.0. The predicted octanol–water partition coefficient (Wildman–Crippen LogP) is 3.35. The van der Waals surface area contributed by atoms with Crippen molar-refractivity contribution in [3.63, 3.8) is 0 Å². The van der Waals surface area contributed by atoms with E-state index in [1.165, 1.54) is 6.20 Å². The molecule has 0 radical (unpaired) electrons. The van der Waals surface area contributed by atoms with Gasteiger partial charge in [-0.25, -0.2) is 14.4 Å². The quantitative estimate of drug-likeness (QED) is 0.618. The van der Waals surface area contributed by atoms with Gasteiger partial charge in [-0.2, -0.15) is 0 Å². The number of amidine groups is 1.